The fraction of sp³-hybridized carbons (Fsp3) is 0. The fourth-order valence-corrected chi connectivity index (χ4v) is 3.98. The van der Waals surface area contributed by atoms with Crippen molar-refractivity contribution in [1.82, 2.24) is 0 Å². The van der Waals surface area contributed by atoms with Crippen LogP contribution in [0.4, 0.5) is 17.1 Å². The van der Waals surface area contributed by atoms with Crippen LogP contribution in [0.5, 0.6) is 11.5 Å². The normalized spacial score (nSPS) is 11.4. The molecule has 0 aliphatic carbocycles. The van der Waals surface area contributed by atoms with E-state index in [2.05, 4.69) is 15.2 Å². The number of phenolic OH excluding ortho intramolecular Hbond substituents is 2. The third-order valence-corrected chi connectivity index (χ3v) is 5.72. The molecule has 0 atom stereocenters. The van der Waals surface area contributed by atoms with Crippen LogP contribution in [-0.2, 0) is 10.0 Å². The molecule has 0 bridgehead atoms. The average molecular weight is 463 g/mol. The summed E-state index contributed by atoms with van der Waals surface area (Å²) in [6.45, 7) is 0. The highest BCUT2D eigenvalue weighted by Gasteiger charge is 2.23. The van der Waals surface area contributed by atoms with Crippen molar-refractivity contribution in [1.29, 1.82) is 0 Å². The number of anilines is 2. The lowest BCUT2D eigenvalue weighted by atomic mass is 10.2. The second-order valence-electron chi connectivity index (χ2n) is 6.14. The number of benzene rings is 3. The van der Waals surface area contributed by atoms with Gasteiger partial charge in [-0.3, -0.25) is 20.3 Å². The largest absolute Gasteiger partial charge is 0.504 e. The molecule has 3 rings (SSSR count). The van der Waals surface area contributed by atoms with Gasteiger partial charge >= 0.3 is 0 Å². The quantitative estimate of drug-likeness (QED) is 0.179. The Kier molecular flexibility index (Phi) is 6.28. The van der Waals surface area contributed by atoms with Crippen molar-refractivity contribution >= 4 is 44.9 Å². The van der Waals surface area contributed by atoms with Gasteiger partial charge in [-0.2, -0.15) is 5.10 Å². The topological polar surface area (TPSA) is 154 Å². The predicted octanol–water partition coefficient (Wildman–Crippen LogP) is 3.91. The number of nitrogens with one attached hydrogen (secondary N) is 2. The molecule has 0 radical (unpaired) electrons. The molecule has 0 aliphatic heterocycles. The number of halogens is 1. The van der Waals surface area contributed by atoms with E-state index < -0.39 is 25.5 Å². The van der Waals surface area contributed by atoms with Crippen molar-refractivity contribution in [2.75, 3.05) is 10.1 Å². The van der Waals surface area contributed by atoms with Crippen LogP contribution in [0.3, 0.4) is 0 Å². The van der Waals surface area contributed by atoms with Gasteiger partial charge in [0.1, 0.15) is 4.90 Å². The molecule has 0 unspecified atom stereocenters. The number of phenols is 2. The summed E-state index contributed by atoms with van der Waals surface area (Å²) >= 11 is 6.00. The first-order valence-corrected chi connectivity index (χ1v) is 10.4. The van der Waals surface area contributed by atoms with Crippen molar-refractivity contribution in [3.63, 3.8) is 0 Å². The van der Waals surface area contributed by atoms with Crippen LogP contribution in [0.1, 0.15) is 5.56 Å². The highest BCUT2D eigenvalue weighted by molar-refractivity contribution is 7.93. The van der Waals surface area contributed by atoms with E-state index in [9.17, 15) is 28.7 Å². The average Bonchev–Trinajstić information content (AvgIpc) is 2.72. The van der Waals surface area contributed by atoms with E-state index >= 15 is 0 Å². The molecule has 12 heteroatoms. The summed E-state index contributed by atoms with van der Waals surface area (Å²) in [7, 11) is -4.28. The number of nitro benzene ring substituents is 1. The molecule has 0 saturated carbocycles. The van der Waals surface area contributed by atoms with E-state index in [0.29, 0.717) is 5.56 Å². The number of rotatable bonds is 7. The molecule has 0 fully saturated rings. The van der Waals surface area contributed by atoms with Gasteiger partial charge in [0, 0.05) is 12.1 Å². The standard InChI is InChI=1S/C19H15ClN4O6S/c20-14-3-1-2-4-15(14)23-31(29,30)19-10-13(24(27)28)6-7-16(19)22-21-11-12-5-8-17(25)18(26)9-12/h1-11,22-23,25-26H. The summed E-state index contributed by atoms with van der Waals surface area (Å²) in [4.78, 5) is 9.99. The predicted molar refractivity (Wildman–Crippen MR) is 116 cm³/mol. The summed E-state index contributed by atoms with van der Waals surface area (Å²) in [6.07, 6.45) is 1.26. The van der Waals surface area contributed by atoms with Crippen molar-refractivity contribution in [3.8, 4) is 11.5 Å². The maximum Gasteiger partial charge on any atom is 0.270 e. The number of hydrogen-bond donors (Lipinski definition) is 4. The second-order valence-corrected chi connectivity index (χ2v) is 8.20. The number of nitro groups is 1. The highest BCUT2D eigenvalue weighted by Crippen LogP contribution is 2.30. The van der Waals surface area contributed by atoms with Crippen LogP contribution >= 0.6 is 11.6 Å². The number of non-ortho nitro benzene ring substituents is 1. The summed E-state index contributed by atoms with van der Waals surface area (Å²) in [5.41, 5.74) is 2.56. The number of sulfonamides is 1. The molecule has 31 heavy (non-hydrogen) atoms. The van der Waals surface area contributed by atoms with Crippen LogP contribution in [0.15, 0.2) is 70.7 Å². The minimum atomic E-state index is -4.28. The molecular weight excluding hydrogens is 448 g/mol. The first kappa shape index (κ1) is 21.9. The molecule has 0 spiro atoms. The Bertz CT molecular complexity index is 1280. The van der Waals surface area contributed by atoms with Crippen LogP contribution in [-0.4, -0.2) is 29.8 Å². The zero-order chi connectivity index (χ0) is 22.6. The molecule has 0 saturated heterocycles. The third kappa shape index (κ3) is 5.21. The fourth-order valence-electron chi connectivity index (χ4n) is 2.48. The van der Waals surface area contributed by atoms with E-state index in [1.54, 1.807) is 12.1 Å². The van der Waals surface area contributed by atoms with Gasteiger partial charge in [-0.1, -0.05) is 23.7 Å². The Labute approximate surface area is 181 Å². The maximum absolute atomic E-state index is 12.9. The number of hydrogen-bond acceptors (Lipinski definition) is 8. The maximum atomic E-state index is 12.9. The molecule has 4 N–H and O–H groups in total. The minimum Gasteiger partial charge on any atom is -0.504 e. The van der Waals surface area contributed by atoms with Gasteiger partial charge < -0.3 is 10.2 Å². The molecule has 0 heterocycles. The smallest absolute Gasteiger partial charge is 0.270 e. The summed E-state index contributed by atoms with van der Waals surface area (Å²) in [5, 5.41) is 34.0. The van der Waals surface area contributed by atoms with Crippen molar-refractivity contribution in [2.24, 2.45) is 5.10 Å². The Hall–Kier alpha value is -3.83. The Morgan fingerprint density at radius 2 is 1.74 bits per heavy atom. The third-order valence-electron chi connectivity index (χ3n) is 3.98. The zero-order valence-electron chi connectivity index (χ0n) is 15.6. The summed E-state index contributed by atoms with van der Waals surface area (Å²) in [5.74, 6) is -0.661. The monoisotopic (exact) mass is 462 g/mol. The van der Waals surface area contributed by atoms with E-state index in [4.69, 9.17) is 11.6 Å². The van der Waals surface area contributed by atoms with Gasteiger partial charge in [-0.15, -0.1) is 0 Å². The van der Waals surface area contributed by atoms with E-state index in [1.165, 1.54) is 42.6 Å². The van der Waals surface area contributed by atoms with E-state index in [0.717, 1.165) is 12.1 Å². The Morgan fingerprint density at radius 3 is 2.42 bits per heavy atom. The van der Waals surface area contributed by atoms with Crippen molar-refractivity contribution in [3.05, 3.63) is 81.4 Å². The molecule has 0 amide bonds. The molecular formula is C19H15ClN4O6S. The van der Waals surface area contributed by atoms with Crippen LogP contribution in [0.2, 0.25) is 5.02 Å². The summed E-state index contributed by atoms with van der Waals surface area (Å²) in [6, 6.07) is 13.3. The number of aromatic hydroxyl groups is 2. The highest BCUT2D eigenvalue weighted by atomic mass is 35.5. The van der Waals surface area contributed by atoms with Crippen molar-refractivity contribution in [2.45, 2.75) is 4.90 Å². The van der Waals surface area contributed by atoms with Crippen molar-refractivity contribution < 1.29 is 23.6 Å². The molecule has 3 aromatic rings. The van der Waals surface area contributed by atoms with Gasteiger partial charge in [0.2, 0.25) is 0 Å². The Balaban J connectivity index is 1.95. The molecule has 3 aromatic carbocycles. The number of para-hydroxylation sites is 1. The lowest BCUT2D eigenvalue weighted by Crippen LogP contribution is -2.15. The van der Waals surface area contributed by atoms with E-state index in [-0.39, 0.29) is 27.9 Å². The molecule has 0 aromatic heterocycles. The lowest BCUT2D eigenvalue weighted by Gasteiger charge is -2.12. The molecule has 0 aliphatic rings. The van der Waals surface area contributed by atoms with Crippen LogP contribution in [0.25, 0.3) is 0 Å². The van der Waals surface area contributed by atoms with Gasteiger partial charge in [0.15, 0.2) is 11.5 Å². The first-order valence-electron chi connectivity index (χ1n) is 8.54. The lowest BCUT2D eigenvalue weighted by molar-refractivity contribution is -0.385. The zero-order valence-corrected chi connectivity index (χ0v) is 17.1. The number of nitrogens with zero attached hydrogens (tertiary/aromatic N) is 2. The second kappa shape index (κ2) is 8.90. The van der Waals surface area contributed by atoms with Crippen LogP contribution in [0, 0.1) is 10.1 Å². The van der Waals surface area contributed by atoms with Crippen LogP contribution < -0.4 is 10.1 Å². The van der Waals surface area contributed by atoms with Gasteiger partial charge in [0.25, 0.3) is 15.7 Å². The minimum absolute atomic E-state index is 0.0376. The van der Waals surface area contributed by atoms with Gasteiger partial charge in [0.05, 0.1) is 27.5 Å². The molecule has 160 valence electrons. The molecule has 10 nitrogen and oxygen atoms in total. The van der Waals surface area contributed by atoms with Gasteiger partial charge in [-0.25, -0.2) is 8.42 Å². The number of hydrazone groups is 1. The summed E-state index contributed by atoms with van der Waals surface area (Å²) < 4.78 is 28.1. The first-order chi connectivity index (χ1) is 14.7. The SMILES string of the molecule is O=[N+]([O-])c1ccc(NN=Cc2ccc(O)c(O)c2)c(S(=O)(=O)Nc2ccccc2Cl)c1. The Morgan fingerprint density at radius 1 is 1.00 bits per heavy atom. The van der Waals surface area contributed by atoms with Gasteiger partial charge in [-0.05, 0) is 42.0 Å². The van der Waals surface area contributed by atoms with E-state index in [1.807, 2.05) is 0 Å².